The normalized spacial score (nSPS) is 18.2. The van der Waals surface area contributed by atoms with Gasteiger partial charge in [0.25, 0.3) is 0 Å². The Bertz CT molecular complexity index is 1460. The van der Waals surface area contributed by atoms with Crippen LogP contribution < -0.4 is 9.83 Å². The lowest BCUT2D eigenvalue weighted by atomic mass is 9.84. The van der Waals surface area contributed by atoms with Gasteiger partial charge in [0.15, 0.2) is 8.24 Å². The fourth-order valence-corrected chi connectivity index (χ4v) is 7.96. The summed E-state index contributed by atoms with van der Waals surface area (Å²) in [5.41, 5.74) is 5.04. The standard InChI is InChI=1S/C40H58N2O4SSi/c1-9-10-11-15-36(46-28-29-16-23-33(44-5)24-17-29)30-18-20-32(21-19-30)38-31(13-12-14-34-25-27-37(47-34)39(43)45-6)22-26-35(38)41-42-48(7,8)40(2,3)4/h16-21,23-25,27,31,36,38,42H,9-15,22,26,28H2,1-8H3/t31-,36?,38-/m0/s1. The van der Waals surface area contributed by atoms with E-state index >= 15 is 0 Å². The van der Waals surface area contributed by atoms with Crippen LogP contribution in [0.25, 0.3) is 0 Å². The fraction of sp³-hybridized carbons (Fsp3) is 0.550. The van der Waals surface area contributed by atoms with Crippen LogP contribution in [0.4, 0.5) is 0 Å². The van der Waals surface area contributed by atoms with Crippen LogP contribution in [0.3, 0.4) is 0 Å². The Morgan fingerprint density at radius 1 is 1.00 bits per heavy atom. The highest BCUT2D eigenvalue weighted by molar-refractivity contribution is 7.13. The fourth-order valence-electron chi connectivity index (χ4n) is 6.23. The summed E-state index contributed by atoms with van der Waals surface area (Å²) >= 11 is 1.55. The third-order valence-electron chi connectivity index (χ3n) is 10.3. The first kappa shape index (κ1) is 37.9. The van der Waals surface area contributed by atoms with Crippen molar-refractivity contribution in [2.45, 2.75) is 122 Å². The van der Waals surface area contributed by atoms with E-state index < -0.39 is 8.24 Å². The largest absolute Gasteiger partial charge is 0.497 e. The van der Waals surface area contributed by atoms with Crippen LogP contribution in [0.2, 0.25) is 18.1 Å². The quantitative estimate of drug-likeness (QED) is 0.0661. The zero-order valence-electron chi connectivity index (χ0n) is 30.6. The van der Waals surface area contributed by atoms with Gasteiger partial charge in [0, 0.05) is 16.5 Å². The first-order valence-electron chi connectivity index (χ1n) is 17.8. The molecule has 1 fully saturated rings. The van der Waals surface area contributed by atoms with Crippen molar-refractivity contribution in [1.29, 1.82) is 0 Å². The molecule has 0 saturated heterocycles. The molecule has 1 unspecified atom stereocenters. The molecule has 1 heterocycles. The predicted octanol–water partition coefficient (Wildman–Crippen LogP) is 10.8. The van der Waals surface area contributed by atoms with Crippen molar-refractivity contribution in [3.63, 3.8) is 0 Å². The summed E-state index contributed by atoms with van der Waals surface area (Å²) in [7, 11) is 1.35. The van der Waals surface area contributed by atoms with Crippen LogP contribution in [0, 0.1) is 5.92 Å². The Morgan fingerprint density at radius 2 is 1.73 bits per heavy atom. The summed E-state index contributed by atoms with van der Waals surface area (Å²) in [5.74, 6) is 1.44. The van der Waals surface area contributed by atoms with E-state index in [2.05, 4.69) is 88.3 Å². The number of carbonyl (C=O) groups excluding carboxylic acids is 1. The van der Waals surface area contributed by atoms with E-state index in [4.69, 9.17) is 19.3 Å². The van der Waals surface area contributed by atoms with Crippen molar-refractivity contribution in [2.24, 2.45) is 11.0 Å². The summed E-state index contributed by atoms with van der Waals surface area (Å²) < 4.78 is 16.8. The Labute approximate surface area is 294 Å². The van der Waals surface area contributed by atoms with Crippen molar-refractivity contribution >= 4 is 31.3 Å². The van der Waals surface area contributed by atoms with Crippen LogP contribution in [-0.4, -0.2) is 34.1 Å². The van der Waals surface area contributed by atoms with Gasteiger partial charge in [-0.05, 0) is 104 Å². The summed E-state index contributed by atoms with van der Waals surface area (Å²) in [4.78, 5) is 13.9. The molecule has 0 radical (unpaired) electrons. The van der Waals surface area contributed by atoms with Gasteiger partial charge in [0.05, 0.1) is 26.9 Å². The van der Waals surface area contributed by atoms with Crippen LogP contribution in [0.5, 0.6) is 5.75 Å². The average Bonchev–Trinajstić information content (AvgIpc) is 3.72. The van der Waals surface area contributed by atoms with Gasteiger partial charge in [-0.1, -0.05) is 83.4 Å². The van der Waals surface area contributed by atoms with E-state index in [1.54, 1.807) is 18.4 Å². The minimum absolute atomic E-state index is 0.0566. The molecule has 1 saturated carbocycles. The molecule has 2 aromatic carbocycles. The molecule has 3 aromatic rings. The second-order valence-electron chi connectivity index (χ2n) is 14.8. The molecular weight excluding hydrogens is 633 g/mol. The Morgan fingerprint density at radius 3 is 2.38 bits per heavy atom. The third-order valence-corrected chi connectivity index (χ3v) is 15.9. The van der Waals surface area contributed by atoms with E-state index in [1.165, 1.54) is 41.7 Å². The van der Waals surface area contributed by atoms with Crippen molar-refractivity contribution in [1.82, 2.24) is 5.09 Å². The predicted molar refractivity (Wildman–Crippen MR) is 203 cm³/mol. The van der Waals surface area contributed by atoms with Gasteiger partial charge in [0.2, 0.25) is 0 Å². The zero-order chi connectivity index (χ0) is 34.7. The van der Waals surface area contributed by atoms with E-state index in [1.807, 2.05) is 18.2 Å². The van der Waals surface area contributed by atoms with Gasteiger partial charge in [-0.3, -0.25) is 0 Å². The highest BCUT2D eigenvalue weighted by atomic mass is 32.1. The topological polar surface area (TPSA) is 69.2 Å². The van der Waals surface area contributed by atoms with Crippen LogP contribution in [-0.2, 0) is 22.5 Å². The number of unbranched alkanes of at least 4 members (excludes halogenated alkanes) is 2. The molecule has 4 rings (SSSR count). The number of hydrogen-bond acceptors (Lipinski definition) is 7. The maximum atomic E-state index is 12.0. The number of rotatable bonds is 17. The van der Waals surface area contributed by atoms with E-state index in [-0.39, 0.29) is 17.1 Å². The minimum Gasteiger partial charge on any atom is -0.497 e. The second kappa shape index (κ2) is 17.6. The number of hydrazone groups is 1. The lowest BCUT2D eigenvalue weighted by Crippen LogP contribution is -2.49. The van der Waals surface area contributed by atoms with Crippen LogP contribution >= 0.6 is 11.3 Å². The number of ether oxygens (including phenoxy) is 3. The number of methoxy groups -OCH3 is 2. The molecule has 0 spiro atoms. The van der Waals surface area contributed by atoms with Gasteiger partial charge in [-0.15, -0.1) is 11.3 Å². The second-order valence-corrected chi connectivity index (χ2v) is 21.0. The number of carbonyl (C=O) groups is 1. The van der Waals surface area contributed by atoms with Gasteiger partial charge < -0.3 is 19.3 Å². The highest BCUT2D eigenvalue weighted by Gasteiger charge is 2.38. The first-order valence-corrected chi connectivity index (χ1v) is 21.6. The number of hydrogen-bond donors (Lipinski definition) is 1. The molecule has 0 bridgehead atoms. The molecule has 262 valence electrons. The van der Waals surface area contributed by atoms with Crippen LogP contribution in [0.15, 0.2) is 65.8 Å². The lowest BCUT2D eigenvalue weighted by Gasteiger charge is -2.36. The maximum absolute atomic E-state index is 12.0. The van der Waals surface area contributed by atoms with Crippen molar-refractivity contribution in [3.05, 3.63) is 87.1 Å². The molecule has 3 atom stereocenters. The van der Waals surface area contributed by atoms with Gasteiger partial charge in [-0.2, -0.15) is 5.10 Å². The van der Waals surface area contributed by atoms with Gasteiger partial charge in [0.1, 0.15) is 10.6 Å². The van der Waals surface area contributed by atoms with Crippen molar-refractivity contribution in [2.75, 3.05) is 14.2 Å². The molecule has 6 nitrogen and oxygen atoms in total. The number of esters is 1. The van der Waals surface area contributed by atoms with Crippen LogP contribution in [0.1, 0.15) is 122 Å². The lowest BCUT2D eigenvalue weighted by molar-refractivity contribution is 0.0322. The number of aryl methyl sites for hydroxylation is 1. The summed E-state index contributed by atoms with van der Waals surface area (Å²) in [6.45, 7) is 14.6. The van der Waals surface area contributed by atoms with E-state index in [0.29, 0.717) is 23.3 Å². The molecular formula is C40H58N2O4SSi. The van der Waals surface area contributed by atoms with Crippen molar-refractivity contribution < 1.29 is 19.0 Å². The monoisotopic (exact) mass is 690 g/mol. The Kier molecular flexibility index (Phi) is 13.9. The molecule has 48 heavy (non-hydrogen) atoms. The summed E-state index contributed by atoms with van der Waals surface area (Å²) in [6.07, 6.45) is 9.98. The molecule has 1 aromatic heterocycles. The molecule has 1 aliphatic rings. The Hall–Kier alpha value is -2.94. The smallest absolute Gasteiger partial charge is 0.348 e. The average molecular weight is 691 g/mol. The number of nitrogens with one attached hydrogen (secondary N) is 1. The first-order chi connectivity index (χ1) is 23.0. The minimum atomic E-state index is -1.78. The van der Waals surface area contributed by atoms with Gasteiger partial charge >= 0.3 is 5.97 Å². The zero-order valence-corrected chi connectivity index (χ0v) is 32.4. The molecule has 0 aliphatic heterocycles. The van der Waals surface area contributed by atoms with E-state index in [0.717, 1.165) is 56.3 Å². The SMILES string of the molecule is CCCCCC(OCc1ccc(OC)cc1)c1ccc([C@H]2C(=NN[Si](C)(C)C(C)(C)C)CC[C@@H]2CCCc2ccc(C(=O)OC)s2)cc1. The summed E-state index contributed by atoms with van der Waals surface area (Å²) in [6, 6.07) is 21.4. The molecule has 8 heteroatoms. The van der Waals surface area contributed by atoms with E-state index in [9.17, 15) is 4.79 Å². The summed E-state index contributed by atoms with van der Waals surface area (Å²) in [5, 5.41) is 9.12. The molecule has 1 aliphatic carbocycles. The molecule has 1 N–H and O–H groups in total. The molecule has 0 amide bonds. The van der Waals surface area contributed by atoms with Gasteiger partial charge in [-0.25, -0.2) is 4.79 Å². The highest BCUT2D eigenvalue weighted by Crippen LogP contribution is 2.42. The number of nitrogens with zero attached hydrogens (tertiary/aromatic N) is 1. The number of thiophene rings is 1. The Balaban J connectivity index is 1.52. The maximum Gasteiger partial charge on any atom is 0.348 e. The third kappa shape index (κ3) is 10.3. The van der Waals surface area contributed by atoms with Crippen molar-refractivity contribution in [3.8, 4) is 5.75 Å². The number of benzene rings is 2.